The van der Waals surface area contributed by atoms with Crippen LogP contribution in [0.25, 0.3) is 0 Å². The Morgan fingerprint density at radius 3 is 2.22 bits per heavy atom. The van der Waals surface area contributed by atoms with Crippen LogP contribution in [-0.2, 0) is 4.79 Å². The minimum absolute atomic E-state index is 0.293. The second-order valence-electron chi connectivity index (χ2n) is 6.88. The lowest BCUT2D eigenvalue weighted by molar-refractivity contribution is -0.931. The Labute approximate surface area is 142 Å². The van der Waals surface area contributed by atoms with Gasteiger partial charge in [-0.3, -0.25) is 4.79 Å². The molecule has 0 rings (SSSR count). The van der Waals surface area contributed by atoms with Crippen molar-refractivity contribution in [2.75, 3.05) is 26.2 Å². The van der Waals surface area contributed by atoms with Crippen LogP contribution in [0.5, 0.6) is 0 Å². The van der Waals surface area contributed by atoms with Crippen LogP contribution in [0, 0.1) is 5.92 Å². The number of unbranched alkanes of at least 4 members (excludes halogenated alkanes) is 1. The molecular weight excluding hydrogens is 290 g/mol. The van der Waals surface area contributed by atoms with Crippen LogP contribution in [-0.4, -0.2) is 52.9 Å². The molecule has 0 radical (unpaired) electrons. The van der Waals surface area contributed by atoms with Gasteiger partial charge in [0.25, 0.3) is 0 Å². The summed E-state index contributed by atoms with van der Waals surface area (Å²) in [5.41, 5.74) is 0. The third-order valence-corrected chi connectivity index (χ3v) is 4.60. The number of allylic oxidation sites excluding steroid dienone is 2. The first-order valence-electron chi connectivity index (χ1n) is 9.27. The molecule has 136 valence electrons. The van der Waals surface area contributed by atoms with Crippen molar-refractivity contribution in [2.45, 2.75) is 72.3 Å². The molecule has 0 saturated heterocycles. The molecule has 0 saturated carbocycles. The van der Waals surface area contributed by atoms with Crippen LogP contribution in [0.1, 0.15) is 66.2 Å². The van der Waals surface area contributed by atoms with Crippen molar-refractivity contribution in [3.05, 3.63) is 12.2 Å². The molecule has 2 N–H and O–H groups in total. The van der Waals surface area contributed by atoms with Crippen LogP contribution in [0.15, 0.2) is 12.2 Å². The monoisotopic (exact) mass is 328 g/mol. The van der Waals surface area contributed by atoms with Gasteiger partial charge in [-0.25, -0.2) is 0 Å². The molecule has 0 spiro atoms. The second-order valence-corrected chi connectivity index (χ2v) is 6.88. The molecule has 4 nitrogen and oxygen atoms in total. The van der Waals surface area contributed by atoms with E-state index in [1.807, 2.05) is 13.0 Å². The minimum Gasteiger partial charge on any atom is -0.481 e. The number of hydrogen-bond acceptors (Lipinski definition) is 2. The summed E-state index contributed by atoms with van der Waals surface area (Å²) >= 11 is 0. The number of aliphatic hydroxyl groups is 1. The average molecular weight is 329 g/mol. The van der Waals surface area contributed by atoms with Crippen LogP contribution >= 0.6 is 0 Å². The van der Waals surface area contributed by atoms with Crippen LogP contribution in [0.4, 0.5) is 0 Å². The quantitative estimate of drug-likeness (QED) is 0.289. The molecule has 2 unspecified atom stereocenters. The molecule has 0 bridgehead atoms. The molecule has 0 fully saturated rings. The van der Waals surface area contributed by atoms with E-state index in [0.717, 1.165) is 62.8 Å². The molecule has 0 aliphatic carbocycles. The van der Waals surface area contributed by atoms with Gasteiger partial charge in [-0.2, -0.15) is 0 Å². The number of quaternary nitrogens is 1. The highest BCUT2D eigenvalue weighted by atomic mass is 16.4. The maximum Gasteiger partial charge on any atom is 0.306 e. The summed E-state index contributed by atoms with van der Waals surface area (Å²) in [6.45, 7) is 11.8. The largest absolute Gasteiger partial charge is 0.481 e. The fourth-order valence-electron chi connectivity index (χ4n) is 3.33. The second kappa shape index (κ2) is 12.5. The number of aliphatic carboxylic acids is 1. The van der Waals surface area contributed by atoms with Gasteiger partial charge in [0.1, 0.15) is 12.6 Å². The molecule has 2 atom stereocenters. The maximum absolute atomic E-state index is 11.1. The van der Waals surface area contributed by atoms with Crippen molar-refractivity contribution in [3.8, 4) is 0 Å². The lowest BCUT2D eigenvalue weighted by Gasteiger charge is -2.40. The zero-order valence-electron chi connectivity index (χ0n) is 15.6. The van der Waals surface area contributed by atoms with Gasteiger partial charge in [0.2, 0.25) is 0 Å². The first-order chi connectivity index (χ1) is 10.9. The van der Waals surface area contributed by atoms with E-state index in [1.165, 1.54) is 0 Å². The first-order valence-corrected chi connectivity index (χ1v) is 9.27. The highest BCUT2D eigenvalue weighted by molar-refractivity contribution is 5.69. The predicted molar refractivity (Wildman–Crippen MR) is 96.4 cm³/mol. The molecule has 0 heterocycles. The summed E-state index contributed by atoms with van der Waals surface area (Å²) in [6, 6.07) is 0. The van der Waals surface area contributed by atoms with Gasteiger partial charge >= 0.3 is 5.97 Å². The number of carboxylic acid groups (broad SMARTS) is 1. The molecule has 0 aromatic carbocycles. The third kappa shape index (κ3) is 9.77. The predicted octanol–water partition coefficient (Wildman–Crippen LogP) is 3.84. The molecule has 0 aliphatic heterocycles. The van der Waals surface area contributed by atoms with E-state index >= 15 is 0 Å². The highest BCUT2D eigenvalue weighted by Crippen LogP contribution is 2.18. The van der Waals surface area contributed by atoms with E-state index in [2.05, 4.69) is 19.9 Å². The van der Waals surface area contributed by atoms with Crippen molar-refractivity contribution in [1.29, 1.82) is 0 Å². The molecule has 23 heavy (non-hydrogen) atoms. The molecule has 0 amide bonds. The Kier molecular flexibility index (Phi) is 12.1. The van der Waals surface area contributed by atoms with Gasteiger partial charge in [0.05, 0.1) is 25.6 Å². The van der Waals surface area contributed by atoms with Crippen molar-refractivity contribution in [2.24, 2.45) is 5.92 Å². The van der Waals surface area contributed by atoms with Crippen molar-refractivity contribution in [1.82, 2.24) is 0 Å². The van der Waals surface area contributed by atoms with Crippen molar-refractivity contribution >= 4 is 5.97 Å². The minimum atomic E-state index is -0.719. The van der Waals surface area contributed by atoms with E-state index in [1.54, 1.807) is 6.92 Å². The SMILES string of the molecule is C/C=C/CCCC(O)C[N+](CCC)(CCC)CCC(C)C(=O)O. The smallest absolute Gasteiger partial charge is 0.306 e. The van der Waals surface area contributed by atoms with E-state index in [9.17, 15) is 9.90 Å². The fourth-order valence-corrected chi connectivity index (χ4v) is 3.33. The summed E-state index contributed by atoms with van der Waals surface area (Å²) in [7, 11) is 0. The number of hydrogen-bond donors (Lipinski definition) is 2. The number of rotatable bonds is 14. The average Bonchev–Trinajstić information content (AvgIpc) is 2.49. The topological polar surface area (TPSA) is 57.5 Å². The Morgan fingerprint density at radius 2 is 1.74 bits per heavy atom. The lowest BCUT2D eigenvalue weighted by atomic mass is 10.0. The number of carboxylic acids is 1. The lowest BCUT2D eigenvalue weighted by Crippen LogP contribution is -2.54. The zero-order valence-corrected chi connectivity index (χ0v) is 15.6. The van der Waals surface area contributed by atoms with Gasteiger partial charge in [0, 0.05) is 6.42 Å². The highest BCUT2D eigenvalue weighted by Gasteiger charge is 2.30. The Hall–Kier alpha value is -0.870. The number of carbonyl (C=O) groups is 1. The summed E-state index contributed by atoms with van der Waals surface area (Å²) in [4.78, 5) is 11.1. The Balaban J connectivity index is 4.71. The Bertz CT molecular complexity index is 336. The standard InChI is InChI=1S/C19H37NO3/c1-5-8-9-10-11-18(21)16-20(13-6-2,14-7-3)15-12-17(4)19(22)23/h5,8,17-18,21H,6-7,9-16H2,1-4H3/p+1/b8-5+. The van der Waals surface area contributed by atoms with Crippen LogP contribution in [0.3, 0.4) is 0 Å². The zero-order chi connectivity index (χ0) is 17.7. The van der Waals surface area contributed by atoms with E-state index < -0.39 is 5.97 Å². The first kappa shape index (κ1) is 22.1. The molecular formula is C19H38NO3+. The van der Waals surface area contributed by atoms with Crippen molar-refractivity contribution < 1.29 is 19.5 Å². The van der Waals surface area contributed by atoms with Gasteiger partial charge < -0.3 is 14.7 Å². The molecule has 4 heteroatoms. The number of aliphatic hydroxyl groups excluding tert-OH is 1. The van der Waals surface area contributed by atoms with Crippen LogP contribution in [0.2, 0.25) is 0 Å². The summed E-state index contributed by atoms with van der Waals surface area (Å²) < 4.78 is 0.857. The molecule has 0 aliphatic rings. The van der Waals surface area contributed by atoms with Gasteiger partial charge in [0.15, 0.2) is 0 Å². The van der Waals surface area contributed by atoms with E-state index in [0.29, 0.717) is 6.42 Å². The van der Waals surface area contributed by atoms with Gasteiger partial charge in [-0.05, 0) is 39.0 Å². The van der Waals surface area contributed by atoms with Gasteiger partial charge in [-0.15, -0.1) is 0 Å². The summed E-state index contributed by atoms with van der Waals surface area (Å²) in [6.07, 6.45) is 9.56. The summed E-state index contributed by atoms with van der Waals surface area (Å²) in [5.74, 6) is -1.03. The van der Waals surface area contributed by atoms with E-state index in [4.69, 9.17) is 5.11 Å². The van der Waals surface area contributed by atoms with Crippen molar-refractivity contribution in [3.63, 3.8) is 0 Å². The third-order valence-electron chi connectivity index (χ3n) is 4.60. The number of nitrogens with zero attached hydrogens (tertiary/aromatic N) is 1. The molecule has 0 aromatic rings. The summed E-state index contributed by atoms with van der Waals surface area (Å²) in [5, 5.41) is 19.6. The Morgan fingerprint density at radius 1 is 1.13 bits per heavy atom. The maximum atomic E-state index is 11.1. The van der Waals surface area contributed by atoms with Crippen LogP contribution < -0.4 is 0 Å². The normalized spacial score (nSPS) is 15.0. The molecule has 0 aromatic heterocycles. The van der Waals surface area contributed by atoms with E-state index in [-0.39, 0.29) is 12.0 Å². The van der Waals surface area contributed by atoms with Gasteiger partial charge in [-0.1, -0.05) is 32.9 Å². The fraction of sp³-hybridized carbons (Fsp3) is 0.842.